The number of nitrogens with one attached hydrogen (secondary N) is 2. The summed E-state index contributed by atoms with van der Waals surface area (Å²) in [4.78, 5) is 18.6. The van der Waals surface area contributed by atoms with Crippen molar-refractivity contribution >= 4 is 29.0 Å². The zero-order valence-electron chi connectivity index (χ0n) is 13.4. The van der Waals surface area contributed by atoms with E-state index in [9.17, 15) is 14.5 Å². The number of hydrogen-bond donors (Lipinski definition) is 3. The molecule has 1 aromatic carbocycles. The first-order valence-corrected chi connectivity index (χ1v) is 7.45. The van der Waals surface area contributed by atoms with E-state index in [0.717, 1.165) is 6.42 Å². The molecule has 9 heteroatoms. The SMILES string of the molecule is CC(C)CCNc1nc(N)c([N+](=O)[O-])c(Nc2cccc(F)c2)n1. The molecule has 128 valence electrons. The fraction of sp³-hybridized carbons (Fsp3) is 0.333. The van der Waals surface area contributed by atoms with E-state index in [1.165, 1.54) is 18.2 Å². The summed E-state index contributed by atoms with van der Waals surface area (Å²) in [7, 11) is 0. The predicted octanol–water partition coefficient (Wildman–Crippen LogP) is 3.31. The van der Waals surface area contributed by atoms with Crippen molar-refractivity contribution in [3.63, 3.8) is 0 Å². The molecule has 24 heavy (non-hydrogen) atoms. The predicted molar refractivity (Wildman–Crippen MR) is 90.7 cm³/mol. The van der Waals surface area contributed by atoms with Crippen LogP contribution >= 0.6 is 0 Å². The number of halogens is 1. The molecule has 0 saturated carbocycles. The van der Waals surface area contributed by atoms with Crippen molar-refractivity contribution in [2.75, 3.05) is 22.9 Å². The number of hydrogen-bond acceptors (Lipinski definition) is 7. The van der Waals surface area contributed by atoms with Gasteiger partial charge in [-0.15, -0.1) is 0 Å². The summed E-state index contributed by atoms with van der Waals surface area (Å²) < 4.78 is 13.3. The van der Waals surface area contributed by atoms with E-state index < -0.39 is 16.4 Å². The Morgan fingerprint density at radius 1 is 1.38 bits per heavy atom. The maximum Gasteiger partial charge on any atom is 0.353 e. The molecule has 0 aliphatic heterocycles. The second-order valence-electron chi connectivity index (χ2n) is 5.63. The largest absolute Gasteiger partial charge is 0.378 e. The maximum absolute atomic E-state index is 13.3. The number of nitrogens with two attached hydrogens (primary N) is 1. The Morgan fingerprint density at radius 2 is 2.12 bits per heavy atom. The quantitative estimate of drug-likeness (QED) is 0.525. The Kier molecular flexibility index (Phi) is 5.46. The lowest BCUT2D eigenvalue weighted by molar-refractivity contribution is -0.383. The van der Waals surface area contributed by atoms with Crippen LogP contribution in [0.5, 0.6) is 0 Å². The highest BCUT2D eigenvalue weighted by atomic mass is 19.1. The summed E-state index contributed by atoms with van der Waals surface area (Å²) in [5.74, 6) is -0.165. The standard InChI is InChI=1S/C15H19FN6O2/c1-9(2)6-7-18-15-20-13(17)12(22(23)24)14(21-15)19-11-5-3-4-10(16)8-11/h3-5,8-9H,6-7H2,1-2H3,(H4,17,18,19,20,21). The van der Waals surface area contributed by atoms with Gasteiger partial charge in [-0.3, -0.25) is 10.1 Å². The Hall–Kier alpha value is -2.97. The summed E-state index contributed by atoms with van der Waals surface area (Å²) >= 11 is 0. The smallest absolute Gasteiger partial charge is 0.353 e. The molecule has 8 nitrogen and oxygen atoms in total. The maximum atomic E-state index is 13.3. The van der Waals surface area contributed by atoms with Crippen LogP contribution in [0.3, 0.4) is 0 Å². The molecule has 0 aliphatic carbocycles. The highest BCUT2D eigenvalue weighted by Gasteiger charge is 2.23. The first-order valence-electron chi connectivity index (χ1n) is 7.45. The average molecular weight is 334 g/mol. The van der Waals surface area contributed by atoms with Crippen molar-refractivity contribution in [2.45, 2.75) is 20.3 Å². The topological polar surface area (TPSA) is 119 Å². The molecule has 0 amide bonds. The Morgan fingerprint density at radius 3 is 2.75 bits per heavy atom. The third-order valence-corrected chi connectivity index (χ3v) is 3.19. The fourth-order valence-corrected chi connectivity index (χ4v) is 1.99. The van der Waals surface area contributed by atoms with Crippen molar-refractivity contribution in [2.24, 2.45) is 5.92 Å². The summed E-state index contributed by atoms with van der Waals surface area (Å²) in [5, 5.41) is 16.9. The molecule has 2 aromatic rings. The van der Waals surface area contributed by atoms with Crippen molar-refractivity contribution in [1.29, 1.82) is 0 Å². The van der Waals surface area contributed by atoms with Crippen LogP contribution in [0.1, 0.15) is 20.3 Å². The number of rotatable bonds is 7. The fourth-order valence-electron chi connectivity index (χ4n) is 1.99. The van der Waals surface area contributed by atoms with Crippen LogP contribution in [0.15, 0.2) is 24.3 Å². The van der Waals surface area contributed by atoms with Gasteiger partial charge in [0.1, 0.15) is 5.82 Å². The van der Waals surface area contributed by atoms with Gasteiger partial charge in [0.25, 0.3) is 0 Å². The highest BCUT2D eigenvalue weighted by molar-refractivity contribution is 5.74. The zero-order chi connectivity index (χ0) is 17.7. The molecule has 0 atom stereocenters. The number of nitrogens with zero attached hydrogens (tertiary/aromatic N) is 3. The van der Waals surface area contributed by atoms with Crippen molar-refractivity contribution in [3.8, 4) is 0 Å². The van der Waals surface area contributed by atoms with Crippen LogP contribution in [0.25, 0.3) is 0 Å². The van der Waals surface area contributed by atoms with Crippen LogP contribution in [0.4, 0.5) is 33.3 Å². The summed E-state index contributed by atoms with van der Waals surface area (Å²) in [6.07, 6.45) is 0.882. The molecular formula is C15H19FN6O2. The Bertz CT molecular complexity index is 738. The second kappa shape index (κ2) is 7.53. The Labute approximate surface area is 138 Å². The molecule has 0 unspecified atom stereocenters. The molecule has 0 saturated heterocycles. The lowest BCUT2D eigenvalue weighted by atomic mass is 10.1. The van der Waals surface area contributed by atoms with Gasteiger partial charge < -0.3 is 16.4 Å². The third kappa shape index (κ3) is 4.51. The molecule has 0 radical (unpaired) electrons. The van der Waals surface area contributed by atoms with Crippen LogP contribution in [0.2, 0.25) is 0 Å². The van der Waals surface area contributed by atoms with Crippen LogP contribution in [-0.4, -0.2) is 21.4 Å². The van der Waals surface area contributed by atoms with Crippen LogP contribution in [-0.2, 0) is 0 Å². The van der Waals surface area contributed by atoms with Gasteiger partial charge in [-0.1, -0.05) is 19.9 Å². The minimum absolute atomic E-state index is 0.0925. The normalized spacial score (nSPS) is 10.7. The summed E-state index contributed by atoms with van der Waals surface area (Å²) in [5.41, 5.74) is 5.56. The minimum Gasteiger partial charge on any atom is -0.378 e. The van der Waals surface area contributed by atoms with E-state index in [0.29, 0.717) is 18.2 Å². The van der Waals surface area contributed by atoms with Gasteiger partial charge in [-0.2, -0.15) is 9.97 Å². The molecule has 1 heterocycles. The molecule has 0 aliphatic rings. The highest BCUT2D eigenvalue weighted by Crippen LogP contribution is 2.31. The van der Waals surface area contributed by atoms with E-state index in [2.05, 4.69) is 34.4 Å². The number of benzene rings is 1. The zero-order valence-corrected chi connectivity index (χ0v) is 13.4. The molecule has 2 rings (SSSR count). The van der Waals surface area contributed by atoms with Gasteiger partial charge in [0.15, 0.2) is 0 Å². The minimum atomic E-state index is -0.672. The van der Waals surface area contributed by atoms with E-state index >= 15 is 0 Å². The van der Waals surface area contributed by atoms with Crippen molar-refractivity contribution < 1.29 is 9.31 Å². The monoisotopic (exact) mass is 334 g/mol. The van der Waals surface area contributed by atoms with Gasteiger partial charge in [-0.05, 0) is 30.5 Å². The van der Waals surface area contributed by atoms with Gasteiger partial charge in [0, 0.05) is 12.2 Å². The first kappa shape index (κ1) is 17.4. The molecule has 0 bridgehead atoms. The van der Waals surface area contributed by atoms with Crippen molar-refractivity contribution in [3.05, 3.63) is 40.2 Å². The Balaban J connectivity index is 2.31. The third-order valence-electron chi connectivity index (χ3n) is 3.19. The number of anilines is 4. The summed E-state index contributed by atoms with van der Waals surface area (Å²) in [6, 6.07) is 5.52. The van der Waals surface area contributed by atoms with Crippen molar-refractivity contribution in [1.82, 2.24) is 9.97 Å². The average Bonchev–Trinajstić information content (AvgIpc) is 2.46. The second-order valence-corrected chi connectivity index (χ2v) is 5.63. The van der Waals surface area contributed by atoms with Gasteiger partial charge in [-0.25, -0.2) is 4.39 Å². The van der Waals surface area contributed by atoms with E-state index in [4.69, 9.17) is 5.73 Å². The van der Waals surface area contributed by atoms with E-state index in [1.54, 1.807) is 6.07 Å². The lowest BCUT2D eigenvalue weighted by Crippen LogP contribution is -2.12. The molecular weight excluding hydrogens is 315 g/mol. The lowest BCUT2D eigenvalue weighted by Gasteiger charge is -2.11. The number of aromatic nitrogens is 2. The molecule has 1 aromatic heterocycles. The molecule has 0 fully saturated rings. The van der Waals surface area contributed by atoms with Crippen LogP contribution < -0.4 is 16.4 Å². The molecule has 0 spiro atoms. The van der Waals surface area contributed by atoms with Gasteiger partial charge in [0.05, 0.1) is 4.92 Å². The van der Waals surface area contributed by atoms with Gasteiger partial charge >= 0.3 is 5.69 Å². The number of nitrogen functional groups attached to an aromatic ring is 1. The first-order chi connectivity index (χ1) is 11.4. The van der Waals surface area contributed by atoms with Crippen LogP contribution in [0, 0.1) is 21.8 Å². The van der Waals surface area contributed by atoms with E-state index in [-0.39, 0.29) is 17.6 Å². The van der Waals surface area contributed by atoms with Gasteiger partial charge in [0.2, 0.25) is 17.6 Å². The molecule has 4 N–H and O–H groups in total. The van der Waals surface area contributed by atoms with E-state index in [1.807, 2.05) is 0 Å². The number of nitro groups is 1. The summed E-state index contributed by atoms with van der Waals surface area (Å²) in [6.45, 7) is 4.75.